The summed E-state index contributed by atoms with van der Waals surface area (Å²) in [5.41, 5.74) is 0. The maximum absolute atomic E-state index is 8.77. The molecule has 0 rings (SSSR count). The standard InChI is InChI=1S/H3O4P.Tl/c1-5(2,3)4;/h(H3,1,2,3,4);/q;+1/p-1. The van der Waals surface area contributed by atoms with Gasteiger partial charge in [0, 0.05) is 0 Å². The molecule has 0 heterocycles. The Hall–Kier alpha value is 1.03. The molecular formula is H2O4PTl. The fraction of sp³-hybridized carbons (Fsp3) is 0. The van der Waals surface area contributed by atoms with Gasteiger partial charge in [0.1, 0.15) is 0 Å². The number of hydrogen-bond acceptors (Lipinski definition) is 2. The molecule has 0 aromatic rings. The Morgan fingerprint density at radius 1 is 1.50 bits per heavy atom. The van der Waals surface area contributed by atoms with Crippen LogP contribution >= 0.6 is 7.82 Å². The van der Waals surface area contributed by atoms with Gasteiger partial charge in [-0.1, -0.05) is 0 Å². The van der Waals surface area contributed by atoms with Crippen molar-refractivity contribution in [2.24, 2.45) is 0 Å². The fourth-order valence-electron chi connectivity index (χ4n) is 0. The van der Waals surface area contributed by atoms with Crippen molar-refractivity contribution in [1.82, 2.24) is 0 Å². The molecule has 0 atom stereocenters. The minimum Gasteiger partial charge on any atom is -0.756 e. The van der Waals surface area contributed by atoms with Crippen LogP contribution < -0.4 is 4.89 Å². The average molecular weight is 301 g/mol. The Morgan fingerprint density at radius 2 is 1.50 bits per heavy atom. The summed E-state index contributed by atoms with van der Waals surface area (Å²) in [5, 5.41) is 0. The molecule has 0 unspecified atom stereocenters. The van der Waals surface area contributed by atoms with Crippen LogP contribution in [0.3, 0.4) is 0 Å². The zero-order chi connectivity index (χ0) is 4.50. The first-order chi connectivity index (χ1) is 2.00. The first-order valence-electron chi connectivity index (χ1n) is 0.765. The number of rotatable bonds is 0. The van der Waals surface area contributed by atoms with Gasteiger partial charge in [0.15, 0.2) is 0 Å². The predicted molar refractivity (Wildman–Crippen MR) is 17.8 cm³/mol. The van der Waals surface area contributed by atoms with Crippen molar-refractivity contribution in [3.05, 3.63) is 0 Å². The Balaban J connectivity index is 0. The molecule has 0 amide bonds. The van der Waals surface area contributed by atoms with E-state index in [4.69, 9.17) is 19.2 Å². The van der Waals surface area contributed by atoms with Gasteiger partial charge in [0.2, 0.25) is 0 Å². The van der Waals surface area contributed by atoms with E-state index < -0.39 is 7.82 Å². The third-order valence-electron chi connectivity index (χ3n) is 0. The van der Waals surface area contributed by atoms with Crippen molar-refractivity contribution in [1.29, 1.82) is 0 Å². The van der Waals surface area contributed by atoms with Crippen LogP contribution in [-0.4, -0.2) is 37.1 Å². The second-order valence-corrected chi connectivity index (χ2v) is 1.47. The van der Waals surface area contributed by atoms with Gasteiger partial charge in [-0.15, -0.1) is 0 Å². The SMILES string of the molecule is O=P([O-])(O)O.[Tl+]. The first kappa shape index (κ1) is 10.1. The molecule has 0 aromatic carbocycles. The molecule has 0 spiro atoms. The van der Waals surface area contributed by atoms with E-state index in [2.05, 4.69) is 0 Å². The molecular weight excluding hydrogens is 299 g/mol. The van der Waals surface area contributed by atoms with Gasteiger partial charge in [-0.05, 0) is 0 Å². The van der Waals surface area contributed by atoms with E-state index in [0.717, 1.165) is 0 Å². The van der Waals surface area contributed by atoms with E-state index >= 15 is 0 Å². The molecule has 0 aliphatic rings. The van der Waals surface area contributed by atoms with Crippen LogP contribution in [0.15, 0.2) is 0 Å². The summed E-state index contributed by atoms with van der Waals surface area (Å²) in [6.45, 7) is 0. The van der Waals surface area contributed by atoms with Gasteiger partial charge in [-0.3, -0.25) is 4.57 Å². The summed E-state index contributed by atoms with van der Waals surface area (Å²) in [7, 11) is -4.89. The Kier molecular flexibility index (Phi) is 5.20. The molecule has 0 radical (unpaired) electrons. The average Bonchev–Trinajstić information content (AvgIpc) is 0.722. The summed E-state index contributed by atoms with van der Waals surface area (Å²) < 4.78 is 8.77. The van der Waals surface area contributed by atoms with E-state index in [9.17, 15) is 0 Å². The largest absolute Gasteiger partial charge is 1.00 e. The quantitative estimate of drug-likeness (QED) is 0.403. The zero-order valence-corrected chi connectivity index (χ0v) is 8.12. The van der Waals surface area contributed by atoms with Crippen LogP contribution in [0, 0.1) is 0 Å². The topological polar surface area (TPSA) is 80.6 Å². The molecule has 0 aliphatic carbocycles. The third-order valence-corrected chi connectivity index (χ3v) is 0. The normalized spacial score (nSPS) is 9.83. The van der Waals surface area contributed by atoms with Crippen molar-refractivity contribution in [2.45, 2.75) is 0 Å². The van der Waals surface area contributed by atoms with E-state index in [0.29, 0.717) is 0 Å². The molecule has 4 nitrogen and oxygen atoms in total. The molecule has 0 fully saturated rings. The fourth-order valence-corrected chi connectivity index (χ4v) is 0. The van der Waals surface area contributed by atoms with Gasteiger partial charge in [-0.2, -0.15) is 0 Å². The monoisotopic (exact) mass is 302 g/mol. The van der Waals surface area contributed by atoms with Gasteiger partial charge in [0.05, 0.1) is 0 Å². The summed E-state index contributed by atoms with van der Waals surface area (Å²) in [6, 6.07) is 0. The van der Waals surface area contributed by atoms with Crippen molar-refractivity contribution in [2.75, 3.05) is 0 Å². The minimum atomic E-state index is -4.89. The Morgan fingerprint density at radius 3 is 1.50 bits per heavy atom. The number of phosphoric acid groups is 1. The number of hydrogen-bond donors (Lipinski definition) is 2. The van der Waals surface area contributed by atoms with Gasteiger partial charge >= 0.3 is 27.3 Å². The summed E-state index contributed by atoms with van der Waals surface area (Å²) >= 11 is 0. The van der Waals surface area contributed by atoms with Crippen LogP contribution in [0.25, 0.3) is 0 Å². The van der Waals surface area contributed by atoms with E-state index in [1.165, 1.54) is 0 Å². The minimum absolute atomic E-state index is 0. The maximum atomic E-state index is 8.77. The van der Waals surface area contributed by atoms with Crippen LogP contribution in [-0.2, 0) is 4.57 Å². The molecule has 0 aliphatic heterocycles. The molecule has 34 valence electrons. The van der Waals surface area contributed by atoms with E-state index in [-0.39, 0.29) is 27.3 Å². The second-order valence-electron chi connectivity index (χ2n) is 0.491. The van der Waals surface area contributed by atoms with Crippen LogP contribution in [0.2, 0.25) is 0 Å². The van der Waals surface area contributed by atoms with Crippen molar-refractivity contribution >= 4 is 35.1 Å². The first-order valence-corrected chi connectivity index (χ1v) is 2.30. The zero-order valence-electron chi connectivity index (χ0n) is 2.74. The van der Waals surface area contributed by atoms with Crippen molar-refractivity contribution in [3.63, 3.8) is 0 Å². The van der Waals surface area contributed by atoms with E-state index in [1.807, 2.05) is 0 Å². The van der Waals surface area contributed by atoms with Crippen molar-refractivity contribution < 1.29 is 19.2 Å². The molecule has 0 bridgehead atoms. The van der Waals surface area contributed by atoms with Crippen LogP contribution in [0.1, 0.15) is 0 Å². The maximum Gasteiger partial charge on any atom is 1.00 e. The Bertz CT molecular complexity index is 53.7. The summed E-state index contributed by atoms with van der Waals surface area (Å²) in [4.78, 5) is 22.9. The van der Waals surface area contributed by atoms with E-state index in [1.54, 1.807) is 0 Å². The van der Waals surface area contributed by atoms with Crippen LogP contribution in [0.4, 0.5) is 0 Å². The molecule has 0 saturated heterocycles. The Labute approximate surface area is 54.6 Å². The molecule has 2 N–H and O–H groups in total. The second kappa shape index (κ2) is 3.09. The summed E-state index contributed by atoms with van der Waals surface area (Å²) in [5.74, 6) is 0. The third kappa shape index (κ3) is 76.8. The van der Waals surface area contributed by atoms with Crippen molar-refractivity contribution in [3.8, 4) is 0 Å². The summed E-state index contributed by atoms with van der Waals surface area (Å²) in [6.07, 6.45) is 0. The molecule has 6 heteroatoms. The van der Waals surface area contributed by atoms with Gasteiger partial charge in [-0.25, -0.2) is 0 Å². The van der Waals surface area contributed by atoms with Crippen LogP contribution in [0.5, 0.6) is 0 Å². The molecule has 0 aromatic heterocycles. The van der Waals surface area contributed by atoms with Gasteiger partial charge < -0.3 is 14.7 Å². The smallest absolute Gasteiger partial charge is 0.756 e. The van der Waals surface area contributed by atoms with Gasteiger partial charge in [0.25, 0.3) is 7.82 Å². The molecule has 6 heavy (non-hydrogen) atoms. The molecule has 0 saturated carbocycles. The predicted octanol–water partition coefficient (Wildman–Crippen LogP) is -1.94.